The Morgan fingerprint density at radius 3 is 2.50 bits per heavy atom. The molecule has 3 rings (SSSR count). The summed E-state index contributed by atoms with van der Waals surface area (Å²) < 4.78 is 23.8. The zero-order valence-electron chi connectivity index (χ0n) is 16.7. The van der Waals surface area contributed by atoms with Crippen molar-refractivity contribution in [2.24, 2.45) is 0 Å². The standard InChI is InChI=1S/C20H30ClN3O3S/c1-3-16(2)24(17-8-13-28(26,27)15-17)20(25)14-22-9-11-23(12-10-22)19-7-5-4-6-18(19)21/h4-7,16-17H,3,8-15H2,1-2H3. The summed E-state index contributed by atoms with van der Waals surface area (Å²) in [6.45, 7) is 7.60. The zero-order valence-corrected chi connectivity index (χ0v) is 18.3. The molecule has 2 unspecified atom stereocenters. The number of benzene rings is 1. The second-order valence-corrected chi connectivity index (χ2v) is 10.5. The summed E-state index contributed by atoms with van der Waals surface area (Å²) in [6, 6.07) is 7.69. The number of carbonyl (C=O) groups is 1. The van der Waals surface area contributed by atoms with Crippen LogP contribution in [0.3, 0.4) is 0 Å². The van der Waals surface area contributed by atoms with Crippen LogP contribution in [0.5, 0.6) is 0 Å². The quantitative estimate of drug-likeness (QED) is 0.697. The predicted octanol–water partition coefficient (Wildman–Crippen LogP) is 2.28. The highest BCUT2D eigenvalue weighted by Gasteiger charge is 2.37. The smallest absolute Gasteiger partial charge is 0.237 e. The van der Waals surface area contributed by atoms with Crippen LogP contribution in [0, 0.1) is 0 Å². The first kappa shape index (κ1) is 21.4. The van der Waals surface area contributed by atoms with E-state index in [1.54, 1.807) is 0 Å². The number of halogens is 1. The van der Waals surface area contributed by atoms with Gasteiger partial charge in [0, 0.05) is 38.3 Å². The highest BCUT2D eigenvalue weighted by atomic mass is 35.5. The summed E-state index contributed by atoms with van der Waals surface area (Å²) >= 11 is 6.30. The Morgan fingerprint density at radius 1 is 1.25 bits per heavy atom. The minimum absolute atomic E-state index is 0.0441. The van der Waals surface area contributed by atoms with Gasteiger partial charge < -0.3 is 9.80 Å². The summed E-state index contributed by atoms with van der Waals surface area (Å²) in [7, 11) is -3.02. The van der Waals surface area contributed by atoms with Crippen LogP contribution >= 0.6 is 11.6 Å². The molecule has 0 saturated carbocycles. The summed E-state index contributed by atoms with van der Waals surface area (Å²) in [5, 5.41) is 0.748. The third kappa shape index (κ3) is 4.99. The number of hydrogen-bond donors (Lipinski definition) is 0. The molecule has 1 aromatic rings. The lowest BCUT2D eigenvalue weighted by Gasteiger charge is -2.39. The molecule has 28 heavy (non-hydrogen) atoms. The average Bonchev–Trinajstić information content (AvgIpc) is 3.02. The van der Waals surface area contributed by atoms with Gasteiger partial charge in [0.2, 0.25) is 5.91 Å². The topological polar surface area (TPSA) is 60.9 Å². The van der Waals surface area contributed by atoms with E-state index in [0.29, 0.717) is 13.0 Å². The van der Waals surface area contributed by atoms with Gasteiger partial charge in [0.05, 0.1) is 28.8 Å². The van der Waals surface area contributed by atoms with E-state index in [9.17, 15) is 13.2 Å². The zero-order chi connectivity index (χ0) is 20.3. The molecule has 0 aliphatic carbocycles. The molecule has 8 heteroatoms. The van der Waals surface area contributed by atoms with E-state index in [4.69, 9.17) is 11.6 Å². The average molecular weight is 428 g/mol. The number of amides is 1. The van der Waals surface area contributed by atoms with Crippen molar-refractivity contribution in [3.8, 4) is 0 Å². The lowest BCUT2D eigenvalue weighted by molar-refractivity contribution is -0.136. The Kier molecular flexibility index (Phi) is 6.89. The van der Waals surface area contributed by atoms with E-state index < -0.39 is 9.84 Å². The van der Waals surface area contributed by atoms with Gasteiger partial charge in [-0.2, -0.15) is 0 Å². The molecule has 1 aromatic carbocycles. The third-order valence-corrected chi connectivity index (χ3v) is 7.95. The number of anilines is 1. The number of carbonyl (C=O) groups excluding carboxylic acids is 1. The minimum atomic E-state index is -3.02. The molecule has 2 aliphatic rings. The van der Waals surface area contributed by atoms with E-state index in [-0.39, 0.29) is 29.5 Å². The van der Waals surface area contributed by atoms with E-state index in [1.165, 1.54) is 0 Å². The monoisotopic (exact) mass is 427 g/mol. The highest BCUT2D eigenvalue weighted by molar-refractivity contribution is 7.91. The third-order valence-electron chi connectivity index (χ3n) is 5.88. The largest absolute Gasteiger partial charge is 0.368 e. The van der Waals surface area contributed by atoms with Gasteiger partial charge in [0.1, 0.15) is 0 Å². The van der Waals surface area contributed by atoms with Crippen LogP contribution in [-0.2, 0) is 14.6 Å². The Morgan fingerprint density at radius 2 is 1.93 bits per heavy atom. The Labute approximate surface area is 173 Å². The SMILES string of the molecule is CCC(C)N(C(=O)CN1CCN(c2ccccc2Cl)CC1)C1CCS(=O)(=O)C1. The first-order valence-electron chi connectivity index (χ1n) is 10.0. The predicted molar refractivity (Wildman–Crippen MR) is 114 cm³/mol. The molecular weight excluding hydrogens is 398 g/mol. The maximum atomic E-state index is 13.1. The number of rotatable bonds is 6. The van der Waals surface area contributed by atoms with Crippen LogP contribution in [0.1, 0.15) is 26.7 Å². The van der Waals surface area contributed by atoms with Crippen molar-refractivity contribution in [3.05, 3.63) is 29.3 Å². The summed E-state index contributed by atoms with van der Waals surface area (Å²) in [5.41, 5.74) is 1.03. The van der Waals surface area contributed by atoms with Gasteiger partial charge in [-0.3, -0.25) is 9.69 Å². The molecule has 2 saturated heterocycles. The normalized spacial score (nSPS) is 23.5. The van der Waals surface area contributed by atoms with Gasteiger partial charge in [-0.1, -0.05) is 30.7 Å². The first-order valence-corrected chi connectivity index (χ1v) is 12.2. The fraction of sp³-hybridized carbons (Fsp3) is 0.650. The van der Waals surface area contributed by atoms with E-state index in [1.807, 2.05) is 43.0 Å². The molecule has 0 N–H and O–H groups in total. The minimum Gasteiger partial charge on any atom is -0.368 e. The van der Waals surface area contributed by atoms with Crippen molar-refractivity contribution < 1.29 is 13.2 Å². The van der Waals surface area contributed by atoms with Crippen molar-refractivity contribution in [3.63, 3.8) is 0 Å². The van der Waals surface area contributed by atoms with Gasteiger partial charge in [-0.15, -0.1) is 0 Å². The molecule has 6 nitrogen and oxygen atoms in total. The number of piperazine rings is 1. The number of para-hydroxylation sites is 1. The van der Waals surface area contributed by atoms with Gasteiger partial charge in [0.25, 0.3) is 0 Å². The van der Waals surface area contributed by atoms with Crippen LogP contribution in [0.25, 0.3) is 0 Å². The highest BCUT2D eigenvalue weighted by Crippen LogP contribution is 2.26. The molecule has 2 atom stereocenters. The Hall–Kier alpha value is -1.31. The van der Waals surface area contributed by atoms with Crippen LogP contribution in [0.4, 0.5) is 5.69 Å². The first-order chi connectivity index (χ1) is 13.3. The van der Waals surface area contributed by atoms with Gasteiger partial charge in [-0.25, -0.2) is 8.42 Å². The van der Waals surface area contributed by atoms with E-state index in [0.717, 1.165) is 43.3 Å². The maximum Gasteiger partial charge on any atom is 0.237 e. The molecule has 0 bridgehead atoms. The molecule has 2 fully saturated rings. The van der Waals surface area contributed by atoms with E-state index >= 15 is 0 Å². The molecular formula is C20H30ClN3O3S. The number of nitrogens with zero attached hydrogens (tertiary/aromatic N) is 3. The number of hydrogen-bond acceptors (Lipinski definition) is 5. The second kappa shape index (κ2) is 9.01. The van der Waals surface area contributed by atoms with Crippen LogP contribution in [0.2, 0.25) is 5.02 Å². The van der Waals surface area contributed by atoms with Crippen LogP contribution in [-0.4, -0.2) is 80.4 Å². The second-order valence-electron chi connectivity index (χ2n) is 7.83. The van der Waals surface area contributed by atoms with Gasteiger partial charge in [-0.05, 0) is 31.9 Å². The maximum absolute atomic E-state index is 13.1. The van der Waals surface area contributed by atoms with Crippen LogP contribution < -0.4 is 4.90 Å². The molecule has 156 valence electrons. The number of sulfone groups is 1. The lowest BCUT2D eigenvalue weighted by Crippen LogP contribution is -2.53. The van der Waals surface area contributed by atoms with Crippen molar-refractivity contribution in [2.45, 2.75) is 38.8 Å². The molecule has 0 spiro atoms. The van der Waals surface area contributed by atoms with Crippen molar-refractivity contribution in [1.29, 1.82) is 0 Å². The fourth-order valence-corrected chi connectivity index (χ4v) is 6.10. The summed E-state index contributed by atoms with van der Waals surface area (Å²) in [6.07, 6.45) is 1.38. The van der Waals surface area contributed by atoms with Crippen LogP contribution in [0.15, 0.2) is 24.3 Å². The molecule has 2 aliphatic heterocycles. The van der Waals surface area contributed by atoms with E-state index in [2.05, 4.69) is 9.80 Å². The molecule has 0 aromatic heterocycles. The Balaban J connectivity index is 1.59. The molecule has 1 amide bonds. The lowest BCUT2D eigenvalue weighted by atomic mass is 10.1. The Bertz CT molecular complexity index is 794. The summed E-state index contributed by atoms with van der Waals surface area (Å²) in [5.74, 6) is 0.334. The van der Waals surface area contributed by atoms with Crippen molar-refractivity contribution in [2.75, 3.05) is 49.1 Å². The van der Waals surface area contributed by atoms with Crippen molar-refractivity contribution in [1.82, 2.24) is 9.80 Å². The summed E-state index contributed by atoms with van der Waals surface area (Å²) in [4.78, 5) is 19.3. The molecule has 2 heterocycles. The van der Waals surface area contributed by atoms with Gasteiger partial charge >= 0.3 is 0 Å². The van der Waals surface area contributed by atoms with Crippen molar-refractivity contribution >= 4 is 33.0 Å². The molecule has 0 radical (unpaired) electrons. The fourth-order valence-electron chi connectivity index (χ4n) is 4.13. The van der Waals surface area contributed by atoms with Gasteiger partial charge in [0.15, 0.2) is 9.84 Å².